The summed E-state index contributed by atoms with van der Waals surface area (Å²) in [5.41, 5.74) is 6.88. The minimum Gasteiger partial charge on any atom is -0.465 e. The number of hydrogen-bond donors (Lipinski definition) is 1. The summed E-state index contributed by atoms with van der Waals surface area (Å²) in [5, 5.41) is 0.230. The maximum atomic E-state index is 11.8. The lowest BCUT2D eigenvalue weighted by atomic mass is 10.1. The number of aryl methyl sites for hydroxylation is 1. The molecule has 0 aliphatic rings. The Morgan fingerprint density at radius 2 is 2.15 bits per heavy atom. The average molecular weight is 293 g/mol. The molecular weight excluding hydrogens is 280 g/mol. The topological polar surface area (TPSA) is 74.4 Å². The average Bonchev–Trinajstić information content (AvgIpc) is 2.42. The second-order valence-electron chi connectivity index (χ2n) is 4.06. The van der Waals surface area contributed by atoms with Gasteiger partial charge in [-0.05, 0) is 31.2 Å². The van der Waals surface area contributed by atoms with Crippen molar-refractivity contribution in [1.82, 2.24) is 4.98 Å². The number of halogens is 1. The number of carbonyl (C=O) groups excluding carboxylic acids is 1. The molecule has 2 rings (SSSR count). The van der Waals surface area contributed by atoms with Gasteiger partial charge in [0.05, 0.1) is 17.8 Å². The number of hydrogen-bond acceptors (Lipinski definition) is 5. The fourth-order valence-electron chi connectivity index (χ4n) is 1.67. The van der Waals surface area contributed by atoms with E-state index in [9.17, 15) is 4.79 Å². The summed E-state index contributed by atoms with van der Waals surface area (Å²) in [6.07, 6.45) is 1.65. The molecule has 0 bridgehead atoms. The first kappa shape index (κ1) is 14.1. The summed E-state index contributed by atoms with van der Waals surface area (Å²) in [4.78, 5) is 15.9. The van der Waals surface area contributed by atoms with E-state index in [-0.39, 0.29) is 16.3 Å². The molecule has 1 aromatic carbocycles. The zero-order chi connectivity index (χ0) is 14.7. The first-order chi connectivity index (χ1) is 9.52. The Bertz CT molecular complexity index is 659. The SMILES string of the molecule is COC(=O)c1cc(N)cc(Cl)c1Oc1cccnc1C. The van der Waals surface area contributed by atoms with Crippen molar-refractivity contribution in [2.24, 2.45) is 0 Å². The molecule has 2 N–H and O–H groups in total. The summed E-state index contributed by atoms with van der Waals surface area (Å²) < 4.78 is 10.4. The van der Waals surface area contributed by atoms with Crippen LogP contribution >= 0.6 is 11.6 Å². The van der Waals surface area contributed by atoms with Crippen molar-refractivity contribution >= 4 is 23.3 Å². The van der Waals surface area contributed by atoms with Gasteiger partial charge in [0, 0.05) is 11.9 Å². The zero-order valence-electron chi connectivity index (χ0n) is 11.0. The number of ether oxygens (including phenoxy) is 2. The number of nitrogens with two attached hydrogens (primary N) is 1. The highest BCUT2D eigenvalue weighted by molar-refractivity contribution is 6.33. The normalized spacial score (nSPS) is 10.2. The third-order valence-electron chi connectivity index (χ3n) is 2.64. The van der Waals surface area contributed by atoms with Gasteiger partial charge < -0.3 is 15.2 Å². The molecular formula is C14H13ClN2O3. The summed E-state index contributed by atoms with van der Waals surface area (Å²) in [5.74, 6) is 0.129. The fourth-order valence-corrected chi connectivity index (χ4v) is 1.93. The van der Waals surface area contributed by atoms with Gasteiger partial charge in [-0.25, -0.2) is 4.79 Å². The number of nitrogen functional groups attached to an aromatic ring is 1. The molecule has 0 amide bonds. The minimum absolute atomic E-state index is 0.167. The van der Waals surface area contributed by atoms with E-state index < -0.39 is 5.97 Å². The molecule has 2 aromatic rings. The lowest BCUT2D eigenvalue weighted by Gasteiger charge is -2.13. The van der Waals surface area contributed by atoms with Gasteiger partial charge in [-0.1, -0.05) is 11.6 Å². The predicted molar refractivity (Wildman–Crippen MR) is 76.3 cm³/mol. The standard InChI is InChI=1S/C14H13ClN2O3/c1-8-12(4-3-5-17-8)20-13-10(14(18)19-2)6-9(16)7-11(13)15/h3-7H,16H2,1-2H3. The Morgan fingerprint density at radius 3 is 2.80 bits per heavy atom. The van der Waals surface area contributed by atoms with Gasteiger partial charge in [-0.2, -0.15) is 0 Å². The van der Waals surface area contributed by atoms with Gasteiger partial charge in [-0.15, -0.1) is 0 Å². The molecule has 6 heteroatoms. The van der Waals surface area contributed by atoms with E-state index in [0.29, 0.717) is 17.1 Å². The minimum atomic E-state index is -0.573. The lowest BCUT2D eigenvalue weighted by molar-refractivity contribution is 0.0598. The van der Waals surface area contributed by atoms with Crippen molar-refractivity contribution < 1.29 is 14.3 Å². The first-order valence-electron chi connectivity index (χ1n) is 5.79. The van der Waals surface area contributed by atoms with Gasteiger partial charge in [0.25, 0.3) is 0 Å². The molecule has 0 saturated carbocycles. The summed E-state index contributed by atoms with van der Waals surface area (Å²) >= 11 is 6.10. The maximum absolute atomic E-state index is 11.8. The second kappa shape index (κ2) is 5.79. The van der Waals surface area contributed by atoms with Crippen LogP contribution in [0.5, 0.6) is 11.5 Å². The summed E-state index contributed by atoms with van der Waals surface area (Å²) in [6.45, 7) is 1.79. The molecule has 0 unspecified atom stereocenters. The number of benzene rings is 1. The molecule has 20 heavy (non-hydrogen) atoms. The number of esters is 1. The van der Waals surface area contributed by atoms with E-state index in [4.69, 9.17) is 26.8 Å². The van der Waals surface area contributed by atoms with E-state index in [1.165, 1.54) is 19.2 Å². The van der Waals surface area contributed by atoms with Crippen LogP contribution in [0.4, 0.5) is 5.69 Å². The van der Waals surface area contributed by atoms with E-state index in [1.54, 1.807) is 25.3 Å². The third kappa shape index (κ3) is 2.83. The molecule has 5 nitrogen and oxygen atoms in total. The van der Waals surface area contributed by atoms with E-state index in [1.807, 2.05) is 0 Å². The smallest absolute Gasteiger partial charge is 0.341 e. The number of nitrogens with zero attached hydrogens (tertiary/aromatic N) is 1. The van der Waals surface area contributed by atoms with Gasteiger partial charge >= 0.3 is 5.97 Å². The van der Waals surface area contributed by atoms with Crippen LogP contribution in [0.3, 0.4) is 0 Å². The van der Waals surface area contributed by atoms with Gasteiger partial charge in [-0.3, -0.25) is 4.98 Å². The maximum Gasteiger partial charge on any atom is 0.341 e. The van der Waals surface area contributed by atoms with Crippen LogP contribution in [0.2, 0.25) is 5.02 Å². The van der Waals surface area contributed by atoms with E-state index in [2.05, 4.69) is 4.98 Å². The first-order valence-corrected chi connectivity index (χ1v) is 6.17. The molecule has 0 aliphatic heterocycles. The van der Waals surface area contributed by atoms with Gasteiger partial charge in [0.15, 0.2) is 5.75 Å². The number of carbonyl (C=O) groups is 1. The highest BCUT2D eigenvalue weighted by Gasteiger charge is 2.19. The van der Waals surface area contributed by atoms with Crippen molar-refractivity contribution in [3.05, 3.63) is 46.7 Å². The van der Waals surface area contributed by atoms with Crippen molar-refractivity contribution in [1.29, 1.82) is 0 Å². The highest BCUT2D eigenvalue weighted by Crippen LogP contribution is 2.36. The number of anilines is 1. The monoisotopic (exact) mass is 292 g/mol. The molecule has 0 atom stereocenters. The number of methoxy groups -OCH3 is 1. The lowest BCUT2D eigenvalue weighted by Crippen LogP contribution is -2.06. The Balaban J connectivity index is 2.50. The third-order valence-corrected chi connectivity index (χ3v) is 2.92. The molecule has 0 radical (unpaired) electrons. The quantitative estimate of drug-likeness (QED) is 0.694. The fraction of sp³-hybridized carbons (Fsp3) is 0.143. The van der Waals surface area contributed by atoms with Crippen molar-refractivity contribution in [3.8, 4) is 11.5 Å². The van der Waals surface area contributed by atoms with Crippen LogP contribution < -0.4 is 10.5 Å². The van der Waals surface area contributed by atoms with Crippen LogP contribution in [0.25, 0.3) is 0 Å². The van der Waals surface area contributed by atoms with Crippen LogP contribution in [0.15, 0.2) is 30.5 Å². The molecule has 0 spiro atoms. The summed E-state index contributed by atoms with van der Waals surface area (Å²) in [6, 6.07) is 6.43. The van der Waals surface area contributed by atoms with Crippen LogP contribution in [0, 0.1) is 6.92 Å². The Morgan fingerprint density at radius 1 is 1.40 bits per heavy atom. The molecule has 1 aromatic heterocycles. The van der Waals surface area contributed by atoms with Crippen LogP contribution in [0.1, 0.15) is 16.1 Å². The van der Waals surface area contributed by atoms with Crippen molar-refractivity contribution in [3.63, 3.8) is 0 Å². The molecule has 0 aliphatic carbocycles. The second-order valence-corrected chi connectivity index (χ2v) is 4.47. The summed E-state index contributed by atoms with van der Waals surface area (Å²) in [7, 11) is 1.28. The largest absolute Gasteiger partial charge is 0.465 e. The highest BCUT2D eigenvalue weighted by atomic mass is 35.5. The van der Waals surface area contributed by atoms with Crippen LogP contribution in [-0.4, -0.2) is 18.1 Å². The molecule has 104 valence electrons. The zero-order valence-corrected chi connectivity index (χ0v) is 11.8. The number of rotatable bonds is 3. The van der Waals surface area contributed by atoms with E-state index >= 15 is 0 Å². The number of aromatic nitrogens is 1. The Hall–Kier alpha value is -2.27. The number of pyridine rings is 1. The molecule has 1 heterocycles. The Labute approximate surface area is 121 Å². The van der Waals surface area contributed by atoms with Crippen LogP contribution in [-0.2, 0) is 4.74 Å². The molecule has 0 saturated heterocycles. The van der Waals surface area contributed by atoms with Gasteiger partial charge in [0.2, 0.25) is 0 Å². The van der Waals surface area contributed by atoms with Crippen molar-refractivity contribution in [2.75, 3.05) is 12.8 Å². The van der Waals surface area contributed by atoms with Crippen molar-refractivity contribution in [2.45, 2.75) is 6.92 Å². The molecule has 0 fully saturated rings. The predicted octanol–water partition coefficient (Wildman–Crippen LogP) is 3.20. The Kier molecular flexibility index (Phi) is 4.10. The van der Waals surface area contributed by atoms with E-state index in [0.717, 1.165) is 0 Å². The van der Waals surface area contributed by atoms with Gasteiger partial charge in [0.1, 0.15) is 11.3 Å².